The van der Waals surface area contributed by atoms with E-state index >= 15 is 0 Å². The fourth-order valence-corrected chi connectivity index (χ4v) is 6.47. The second kappa shape index (κ2) is 10.4. The van der Waals surface area contributed by atoms with Crippen LogP contribution in [-0.4, -0.2) is 45.9 Å². The van der Waals surface area contributed by atoms with Gasteiger partial charge in [-0.2, -0.15) is 0 Å². The Balaban J connectivity index is 0.918. The molecule has 7 heteroatoms. The zero-order valence-corrected chi connectivity index (χ0v) is 24.1. The van der Waals surface area contributed by atoms with E-state index in [2.05, 4.69) is 104 Å². The minimum absolute atomic E-state index is 0.181. The van der Waals surface area contributed by atoms with Gasteiger partial charge in [0.1, 0.15) is 6.10 Å². The van der Waals surface area contributed by atoms with Crippen molar-refractivity contribution in [1.82, 2.24) is 14.5 Å². The molecule has 1 saturated heterocycles. The standard InChI is InChI=1S/C32H31IN4O2/c1-36-30-9-12-34-20-29(30)28-7-5-21(15-31(28)36)22-6-8-32(35-19-22)39-27-17-26(18-27)38-25-10-13-37(14-11-25)24-4-2-3-23(33)16-24/h2-9,12,15-16,19-20,25-27H,10-11,13-14,17-18H2,1H3/t26-,27-. The quantitative estimate of drug-likeness (QED) is 0.190. The van der Waals surface area contributed by atoms with Gasteiger partial charge in [0.2, 0.25) is 5.88 Å². The highest BCUT2D eigenvalue weighted by Crippen LogP contribution is 2.33. The number of halogens is 1. The van der Waals surface area contributed by atoms with Gasteiger partial charge < -0.3 is 18.9 Å². The Bertz CT molecular complexity index is 1620. The molecule has 4 heterocycles. The smallest absolute Gasteiger partial charge is 0.213 e. The van der Waals surface area contributed by atoms with Crippen LogP contribution >= 0.6 is 22.6 Å². The van der Waals surface area contributed by atoms with Gasteiger partial charge in [0, 0.05) is 88.7 Å². The monoisotopic (exact) mass is 630 g/mol. The molecule has 1 saturated carbocycles. The zero-order valence-electron chi connectivity index (χ0n) is 22.0. The van der Waals surface area contributed by atoms with E-state index in [4.69, 9.17) is 9.47 Å². The van der Waals surface area contributed by atoms with Crippen molar-refractivity contribution in [3.63, 3.8) is 0 Å². The Morgan fingerprint density at radius 1 is 0.821 bits per heavy atom. The molecule has 3 aromatic heterocycles. The average Bonchev–Trinajstić information content (AvgIpc) is 3.24. The van der Waals surface area contributed by atoms with Gasteiger partial charge >= 0.3 is 0 Å². The number of rotatable bonds is 6. The Hall–Kier alpha value is -3.17. The number of pyridine rings is 2. The van der Waals surface area contributed by atoms with E-state index in [-0.39, 0.29) is 6.10 Å². The van der Waals surface area contributed by atoms with Gasteiger partial charge in [-0.15, -0.1) is 0 Å². The molecule has 2 aromatic carbocycles. The molecule has 0 N–H and O–H groups in total. The molecule has 7 rings (SSSR count). The first-order valence-corrected chi connectivity index (χ1v) is 14.8. The highest BCUT2D eigenvalue weighted by atomic mass is 127. The highest BCUT2D eigenvalue weighted by Gasteiger charge is 2.34. The van der Waals surface area contributed by atoms with Crippen LogP contribution in [-0.2, 0) is 11.8 Å². The highest BCUT2D eigenvalue weighted by molar-refractivity contribution is 14.1. The van der Waals surface area contributed by atoms with Gasteiger partial charge in [0.05, 0.1) is 17.7 Å². The summed E-state index contributed by atoms with van der Waals surface area (Å²) in [5, 5.41) is 2.40. The third kappa shape index (κ3) is 4.98. The summed E-state index contributed by atoms with van der Waals surface area (Å²) < 4.78 is 16.1. The predicted molar refractivity (Wildman–Crippen MR) is 164 cm³/mol. The minimum Gasteiger partial charge on any atom is -0.474 e. The molecule has 6 nitrogen and oxygen atoms in total. The van der Waals surface area contributed by atoms with Crippen molar-refractivity contribution in [3.8, 4) is 17.0 Å². The number of fused-ring (bicyclic) bond motifs is 3. The van der Waals surface area contributed by atoms with Crippen LogP contribution in [0, 0.1) is 3.57 Å². The number of benzene rings is 2. The number of aromatic nitrogens is 3. The maximum atomic E-state index is 6.41. The number of ether oxygens (including phenoxy) is 2. The SMILES string of the molecule is Cn1c2ccncc2c2ccc(-c3ccc(O[C@H]4C[C@H](OC5CCN(c6cccc(I)c6)CC5)C4)nc3)cc21. The first kappa shape index (κ1) is 24.8. The van der Waals surface area contributed by atoms with Crippen LogP contribution in [0.25, 0.3) is 32.9 Å². The summed E-state index contributed by atoms with van der Waals surface area (Å²) in [6.07, 6.45) is 10.6. The fraction of sp³-hybridized carbons (Fsp3) is 0.312. The number of hydrogen-bond donors (Lipinski definition) is 0. The van der Waals surface area contributed by atoms with Crippen molar-refractivity contribution in [2.24, 2.45) is 7.05 Å². The average molecular weight is 631 g/mol. The van der Waals surface area contributed by atoms with Crippen LogP contribution in [0.4, 0.5) is 5.69 Å². The first-order chi connectivity index (χ1) is 19.1. The van der Waals surface area contributed by atoms with Crippen molar-refractivity contribution in [2.75, 3.05) is 18.0 Å². The number of anilines is 1. The van der Waals surface area contributed by atoms with Crippen LogP contribution < -0.4 is 9.64 Å². The predicted octanol–water partition coefficient (Wildman–Crippen LogP) is 6.99. The summed E-state index contributed by atoms with van der Waals surface area (Å²) in [7, 11) is 2.10. The molecule has 0 bridgehead atoms. The summed E-state index contributed by atoms with van der Waals surface area (Å²) in [6.45, 7) is 2.11. The molecule has 0 spiro atoms. The maximum absolute atomic E-state index is 6.41. The molecule has 198 valence electrons. The Labute approximate surface area is 242 Å². The third-order valence-corrected chi connectivity index (χ3v) is 8.89. The number of hydrogen-bond acceptors (Lipinski definition) is 5. The lowest BCUT2D eigenvalue weighted by Gasteiger charge is -2.40. The topological polar surface area (TPSA) is 52.4 Å². The van der Waals surface area contributed by atoms with Crippen molar-refractivity contribution < 1.29 is 9.47 Å². The van der Waals surface area contributed by atoms with E-state index in [0.29, 0.717) is 18.1 Å². The Morgan fingerprint density at radius 3 is 2.46 bits per heavy atom. The van der Waals surface area contributed by atoms with Crippen molar-refractivity contribution in [3.05, 3.63) is 82.8 Å². The van der Waals surface area contributed by atoms with Crippen LogP contribution in [0.15, 0.2) is 79.3 Å². The number of nitrogens with zero attached hydrogens (tertiary/aromatic N) is 4. The van der Waals surface area contributed by atoms with Crippen molar-refractivity contribution in [2.45, 2.75) is 44.0 Å². The van der Waals surface area contributed by atoms with Crippen LogP contribution in [0.2, 0.25) is 0 Å². The van der Waals surface area contributed by atoms with Gasteiger partial charge in [0.25, 0.3) is 0 Å². The van der Waals surface area contributed by atoms with E-state index in [9.17, 15) is 0 Å². The fourth-order valence-electron chi connectivity index (χ4n) is 5.94. The molecule has 2 aliphatic rings. The molecular formula is C32H31IN4O2. The Kier molecular flexibility index (Phi) is 6.64. The van der Waals surface area contributed by atoms with E-state index in [1.807, 2.05) is 24.7 Å². The summed E-state index contributed by atoms with van der Waals surface area (Å²) in [5.41, 5.74) is 5.93. The van der Waals surface area contributed by atoms with E-state index < -0.39 is 0 Å². The van der Waals surface area contributed by atoms with Gasteiger partial charge in [-0.3, -0.25) is 4.98 Å². The Morgan fingerprint density at radius 2 is 1.67 bits per heavy atom. The molecule has 2 fully saturated rings. The molecular weight excluding hydrogens is 599 g/mol. The van der Waals surface area contributed by atoms with E-state index in [1.54, 1.807) is 0 Å². The molecule has 0 radical (unpaired) electrons. The number of piperidine rings is 1. The van der Waals surface area contributed by atoms with Gasteiger partial charge in [-0.1, -0.05) is 18.2 Å². The summed E-state index contributed by atoms with van der Waals surface area (Å²) in [4.78, 5) is 11.4. The van der Waals surface area contributed by atoms with Gasteiger partial charge in [0.15, 0.2) is 0 Å². The molecule has 5 aromatic rings. The maximum Gasteiger partial charge on any atom is 0.213 e. The normalized spacial score (nSPS) is 19.9. The minimum atomic E-state index is 0.181. The second-order valence-corrected chi connectivity index (χ2v) is 12.0. The van der Waals surface area contributed by atoms with Crippen LogP contribution in [0.5, 0.6) is 5.88 Å². The molecule has 0 atom stereocenters. The zero-order chi connectivity index (χ0) is 26.3. The third-order valence-electron chi connectivity index (χ3n) is 8.22. The molecule has 0 amide bonds. The van der Waals surface area contributed by atoms with Gasteiger partial charge in [-0.05, 0) is 77.4 Å². The lowest BCUT2D eigenvalue weighted by molar-refractivity contribution is -0.102. The number of aryl methyl sites for hydroxylation is 1. The molecule has 0 unspecified atom stereocenters. The van der Waals surface area contributed by atoms with Crippen LogP contribution in [0.1, 0.15) is 25.7 Å². The largest absolute Gasteiger partial charge is 0.474 e. The van der Waals surface area contributed by atoms with Crippen LogP contribution in [0.3, 0.4) is 0 Å². The first-order valence-electron chi connectivity index (χ1n) is 13.7. The van der Waals surface area contributed by atoms with E-state index in [0.717, 1.165) is 49.9 Å². The van der Waals surface area contributed by atoms with E-state index in [1.165, 1.54) is 31.1 Å². The summed E-state index contributed by atoms with van der Waals surface area (Å²) in [6, 6.07) is 21.5. The molecule has 1 aliphatic carbocycles. The lowest BCUT2D eigenvalue weighted by Crippen LogP contribution is -2.44. The molecule has 39 heavy (non-hydrogen) atoms. The molecule has 1 aliphatic heterocycles. The van der Waals surface area contributed by atoms with Crippen molar-refractivity contribution >= 4 is 50.1 Å². The lowest BCUT2D eigenvalue weighted by atomic mass is 9.91. The van der Waals surface area contributed by atoms with Gasteiger partial charge in [-0.25, -0.2) is 4.98 Å². The summed E-state index contributed by atoms with van der Waals surface area (Å²) in [5.74, 6) is 0.685. The second-order valence-electron chi connectivity index (χ2n) is 10.7. The van der Waals surface area contributed by atoms with Crippen molar-refractivity contribution in [1.29, 1.82) is 0 Å². The summed E-state index contributed by atoms with van der Waals surface area (Å²) >= 11 is 2.38.